The summed E-state index contributed by atoms with van der Waals surface area (Å²) in [6.07, 6.45) is 0. The van der Waals surface area contributed by atoms with Crippen LogP contribution in [0.3, 0.4) is 0 Å². The van der Waals surface area contributed by atoms with E-state index in [1.54, 1.807) is 0 Å². The van der Waals surface area contributed by atoms with Crippen LogP contribution in [0.15, 0.2) is 66.7 Å². The van der Waals surface area contributed by atoms with Crippen molar-refractivity contribution in [2.45, 2.75) is 65.5 Å². The number of halogens is 1. The topological polar surface area (TPSA) is 72.1 Å². The Morgan fingerprint density at radius 3 is 1.97 bits per heavy atom. The first-order valence-electron chi connectivity index (χ1n) is 12.1. The fourth-order valence-electron chi connectivity index (χ4n) is 4.59. The van der Waals surface area contributed by atoms with Crippen LogP contribution >= 0.6 is 0 Å². The van der Waals surface area contributed by atoms with Crippen LogP contribution in [0.25, 0.3) is 11.0 Å². The number of rotatable bonds is 5. The van der Waals surface area contributed by atoms with E-state index >= 15 is 0 Å². The van der Waals surface area contributed by atoms with Crippen LogP contribution in [-0.2, 0) is 23.9 Å². The predicted molar refractivity (Wildman–Crippen MR) is 142 cm³/mol. The molecule has 3 aromatic carbocycles. The molecule has 0 fully saturated rings. The van der Waals surface area contributed by atoms with Crippen molar-refractivity contribution in [3.8, 4) is 5.75 Å². The van der Waals surface area contributed by atoms with Gasteiger partial charge in [0, 0.05) is 16.7 Å². The minimum Gasteiger partial charge on any atom is -1.00 e. The van der Waals surface area contributed by atoms with Gasteiger partial charge >= 0.3 is 5.95 Å². The SMILES string of the molecule is CC(C)(C)c1cc(C(=O)Cn2c(N)[n+](Cc3ccccc3)c3ccccc32)cc(C(C)(C)C)c1O.[Br-]. The van der Waals surface area contributed by atoms with Crippen molar-refractivity contribution in [2.75, 3.05) is 5.73 Å². The Bertz CT molecular complexity index is 1360. The van der Waals surface area contributed by atoms with Crippen molar-refractivity contribution in [2.24, 2.45) is 0 Å². The number of hydrogen-bond donors (Lipinski definition) is 2. The number of carbonyl (C=O) groups is 1. The number of anilines is 1. The number of Topliss-reactive ketones (excluding diaryl/α,β-unsaturated/α-hetero) is 1. The third-order valence-corrected chi connectivity index (χ3v) is 6.55. The number of hydrogen-bond acceptors (Lipinski definition) is 3. The fraction of sp³-hybridized carbons (Fsp3) is 0.333. The van der Waals surface area contributed by atoms with E-state index < -0.39 is 0 Å². The first kappa shape index (κ1) is 27.5. The van der Waals surface area contributed by atoms with Gasteiger partial charge in [-0.3, -0.25) is 10.5 Å². The monoisotopic (exact) mass is 549 g/mol. The van der Waals surface area contributed by atoms with Crippen LogP contribution in [0.4, 0.5) is 5.95 Å². The highest BCUT2D eigenvalue weighted by atomic mass is 79.9. The van der Waals surface area contributed by atoms with Crippen LogP contribution < -0.4 is 27.3 Å². The van der Waals surface area contributed by atoms with Crippen LogP contribution in [0, 0.1) is 0 Å². The molecule has 0 amide bonds. The summed E-state index contributed by atoms with van der Waals surface area (Å²) in [5.74, 6) is 0.766. The molecule has 36 heavy (non-hydrogen) atoms. The number of para-hydroxylation sites is 2. The molecule has 1 aromatic heterocycles. The van der Waals surface area contributed by atoms with Crippen molar-refractivity contribution < 1.29 is 31.4 Å². The zero-order chi connectivity index (χ0) is 25.5. The maximum Gasteiger partial charge on any atom is 0.356 e. The third-order valence-electron chi connectivity index (χ3n) is 6.55. The van der Waals surface area contributed by atoms with E-state index in [9.17, 15) is 9.90 Å². The van der Waals surface area contributed by atoms with Crippen LogP contribution in [0.1, 0.15) is 68.6 Å². The molecular weight excluding hydrogens is 514 g/mol. The molecule has 3 N–H and O–H groups in total. The second-order valence-electron chi connectivity index (χ2n) is 11.3. The average Bonchev–Trinajstić information content (AvgIpc) is 3.04. The van der Waals surface area contributed by atoms with Gasteiger partial charge in [-0.25, -0.2) is 9.13 Å². The van der Waals surface area contributed by atoms with E-state index in [0.717, 1.165) is 27.7 Å². The zero-order valence-electron chi connectivity index (χ0n) is 22.0. The second kappa shape index (κ2) is 10.1. The number of phenols is 1. The Kier molecular flexibility index (Phi) is 7.70. The Balaban J connectivity index is 0.00000361. The maximum absolute atomic E-state index is 13.7. The van der Waals surface area contributed by atoms with Gasteiger partial charge in [-0.2, -0.15) is 0 Å². The van der Waals surface area contributed by atoms with Crippen LogP contribution in [-0.4, -0.2) is 15.5 Å². The summed E-state index contributed by atoms with van der Waals surface area (Å²) < 4.78 is 3.94. The Morgan fingerprint density at radius 1 is 0.889 bits per heavy atom. The number of imidazole rings is 1. The lowest BCUT2D eigenvalue weighted by Crippen LogP contribution is -3.00. The molecule has 1 heterocycles. The molecule has 0 aliphatic carbocycles. The molecule has 0 bridgehead atoms. The smallest absolute Gasteiger partial charge is 0.356 e. The van der Waals surface area contributed by atoms with Crippen molar-refractivity contribution in [3.63, 3.8) is 0 Å². The second-order valence-corrected chi connectivity index (χ2v) is 11.3. The van der Waals surface area contributed by atoms with Crippen molar-refractivity contribution in [1.82, 2.24) is 4.57 Å². The highest BCUT2D eigenvalue weighted by Crippen LogP contribution is 2.40. The molecular formula is C30H36BrN3O2. The van der Waals surface area contributed by atoms with Gasteiger partial charge in [0.1, 0.15) is 23.3 Å². The molecule has 0 radical (unpaired) electrons. The molecule has 0 unspecified atom stereocenters. The molecule has 0 saturated carbocycles. The summed E-state index contributed by atoms with van der Waals surface area (Å²) in [6, 6.07) is 21.8. The summed E-state index contributed by atoms with van der Waals surface area (Å²) in [5.41, 5.74) is 11.2. The largest absolute Gasteiger partial charge is 1.00 e. The van der Waals surface area contributed by atoms with E-state index in [4.69, 9.17) is 5.73 Å². The Morgan fingerprint density at radius 2 is 1.42 bits per heavy atom. The number of aromatic nitrogens is 2. The van der Waals surface area contributed by atoms with Gasteiger partial charge in [-0.15, -0.1) is 0 Å². The molecule has 4 aromatic rings. The number of carbonyl (C=O) groups excluding carboxylic acids is 1. The first-order chi connectivity index (χ1) is 16.4. The average molecular weight is 551 g/mol. The van der Waals surface area contributed by atoms with Crippen LogP contribution in [0.5, 0.6) is 5.75 Å². The number of nitrogens with zero attached hydrogens (tertiary/aromatic N) is 2. The van der Waals surface area contributed by atoms with Gasteiger partial charge in [0.2, 0.25) is 0 Å². The highest BCUT2D eigenvalue weighted by molar-refractivity contribution is 5.97. The maximum atomic E-state index is 13.7. The van der Waals surface area contributed by atoms with E-state index in [-0.39, 0.29) is 45.9 Å². The van der Waals surface area contributed by atoms with Gasteiger partial charge in [-0.05, 0) is 40.7 Å². The predicted octanol–water partition coefficient (Wildman–Crippen LogP) is 2.75. The number of fused-ring (bicyclic) bond motifs is 1. The fourth-order valence-corrected chi connectivity index (χ4v) is 4.59. The number of phenolic OH excluding ortho intramolecular Hbond substituents is 1. The minimum absolute atomic E-state index is 0. The van der Waals surface area contributed by atoms with E-state index in [0.29, 0.717) is 18.1 Å². The standard InChI is InChI=1S/C30H35N3O2.BrH/c1-29(2,3)22-16-21(17-23(27(22)35)30(4,5)6)26(34)19-33-25-15-11-10-14-24(25)32(28(33)31)18-20-12-8-7-9-13-20;/h7-17,31H,18-19H2,1-6H3,(H,34,35);1H. The quantitative estimate of drug-likeness (QED) is 0.297. The lowest BCUT2D eigenvalue weighted by atomic mass is 9.78. The van der Waals surface area contributed by atoms with Crippen molar-refractivity contribution >= 4 is 22.8 Å². The number of aromatic hydroxyl groups is 1. The van der Waals surface area contributed by atoms with E-state index in [1.807, 2.05) is 101 Å². The number of nitrogen functional groups attached to an aromatic ring is 1. The molecule has 190 valence electrons. The van der Waals surface area contributed by atoms with Gasteiger partial charge in [-0.1, -0.05) is 84.0 Å². The molecule has 0 saturated heterocycles. The Labute approximate surface area is 224 Å². The van der Waals surface area contributed by atoms with Crippen molar-refractivity contribution in [1.29, 1.82) is 0 Å². The van der Waals surface area contributed by atoms with Gasteiger partial charge in [0.25, 0.3) is 0 Å². The summed E-state index contributed by atoms with van der Waals surface area (Å²) in [7, 11) is 0. The summed E-state index contributed by atoms with van der Waals surface area (Å²) in [5, 5.41) is 11.0. The van der Waals surface area contributed by atoms with Gasteiger partial charge in [0.05, 0.1) is 6.54 Å². The van der Waals surface area contributed by atoms with Gasteiger partial charge < -0.3 is 22.1 Å². The summed E-state index contributed by atoms with van der Waals surface area (Å²) in [6.45, 7) is 13.0. The number of nitrogens with two attached hydrogens (primary N) is 1. The third kappa shape index (κ3) is 5.34. The number of ketones is 1. The molecule has 0 atom stereocenters. The molecule has 0 aliphatic rings. The van der Waals surface area contributed by atoms with E-state index in [2.05, 4.69) is 16.7 Å². The lowest BCUT2D eigenvalue weighted by Gasteiger charge is -2.28. The zero-order valence-corrected chi connectivity index (χ0v) is 23.6. The first-order valence-corrected chi connectivity index (χ1v) is 12.1. The molecule has 6 heteroatoms. The molecule has 4 rings (SSSR count). The molecule has 5 nitrogen and oxygen atoms in total. The highest BCUT2D eigenvalue weighted by Gasteiger charge is 2.29. The van der Waals surface area contributed by atoms with Crippen LogP contribution in [0.2, 0.25) is 0 Å². The summed E-state index contributed by atoms with van der Waals surface area (Å²) >= 11 is 0. The normalized spacial score (nSPS) is 11.9. The number of benzene rings is 3. The molecule has 0 spiro atoms. The minimum atomic E-state index is -0.307. The summed E-state index contributed by atoms with van der Waals surface area (Å²) in [4.78, 5) is 13.7. The van der Waals surface area contributed by atoms with Crippen molar-refractivity contribution in [3.05, 3.63) is 89.0 Å². The lowest BCUT2D eigenvalue weighted by molar-refractivity contribution is -0.648. The van der Waals surface area contributed by atoms with E-state index in [1.165, 1.54) is 0 Å². The Hall–Kier alpha value is -3.12. The van der Waals surface area contributed by atoms with Gasteiger partial charge in [0.15, 0.2) is 5.78 Å². The molecule has 0 aliphatic heterocycles.